The first-order valence-corrected chi connectivity index (χ1v) is 8.00. The molecule has 1 atom stereocenters. The Morgan fingerprint density at radius 3 is 1.96 bits per heavy atom. The Kier molecular flexibility index (Phi) is 8.33. The van der Waals surface area contributed by atoms with Crippen molar-refractivity contribution in [3.63, 3.8) is 0 Å². The summed E-state index contributed by atoms with van der Waals surface area (Å²) in [6.07, 6.45) is -0.452. The summed E-state index contributed by atoms with van der Waals surface area (Å²) in [5.41, 5.74) is -0.0959. The molecule has 0 bridgehead atoms. The van der Waals surface area contributed by atoms with Gasteiger partial charge in [0.1, 0.15) is 16.9 Å². The van der Waals surface area contributed by atoms with Crippen molar-refractivity contribution in [2.45, 2.75) is 31.4 Å². The molecule has 0 spiro atoms. The molecular formula is C13H17F2NO6S. The first kappa shape index (κ1) is 20.9. The Hall–Kier alpha value is -2.07. The Morgan fingerprint density at radius 1 is 1.17 bits per heavy atom. The Bertz CT molecular complexity index is 648. The number of primary sulfonamides is 1. The van der Waals surface area contributed by atoms with E-state index in [4.69, 9.17) is 15.4 Å². The molecule has 23 heavy (non-hydrogen) atoms. The van der Waals surface area contributed by atoms with Gasteiger partial charge < -0.3 is 10.2 Å². The SMILES string of the molecule is CCC(c1ccc(F)cc1F)S(N)(=O)=O.O=C(O)CCC(=O)O. The van der Waals surface area contributed by atoms with E-state index in [1.165, 1.54) is 0 Å². The van der Waals surface area contributed by atoms with Gasteiger partial charge in [-0.05, 0) is 12.5 Å². The summed E-state index contributed by atoms with van der Waals surface area (Å²) in [6.45, 7) is 1.57. The van der Waals surface area contributed by atoms with Crippen molar-refractivity contribution in [2.75, 3.05) is 0 Å². The third kappa shape index (κ3) is 8.21. The first-order valence-electron chi connectivity index (χ1n) is 6.39. The highest BCUT2D eigenvalue weighted by Crippen LogP contribution is 2.26. The van der Waals surface area contributed by atoms with Crippen molar-refractivity contribution in [1.82, 2.24) is 0 Å². The monoisotopic (exact) mass is 353 g/mol. The van der Waals surface area contributed by atoms with Crippen LogP contribution >= 0.6 is 0 Å². The summed E-state index contributed by atoms with van der Waals surface area (Å²) in [5, 5.41) is 19.6. The van der Waals surface area contributed by atoms with Gasteiger partial charge in [-0.1, -0.05) is 13.0 Å². The lowest BCUT2D eigenvalue weighted by Crippen LogP contribution is -2.22. The molecule has 1 rings (SSSR count). The van der Waals surface area contributed by atoms with Crippen molar-refractivity contribution in [2.24, 2.45) is 5.14 Å². The van der Waals surface area contributed by atoms with Crippen molar-refractivity contribution in [1.29, 1.82) is 0 Å². The molecule has 4 N–H and O–H groups in total. The Morgan fingerprint density at radius 2 is 1.65 bits per heavy atom. The molecule has 0 saturated carbocycles. The number of hydrogen-bond acceptors (Lipinski definition) is 4. The van der Waals surface area contributed by atoms with Crippen LogP contribution < -0.4 is 5.14 Å². The number of benzene rings is 1. The molecule has 1 aromatic carbocycles. The molecule has 0 amide bonds. The maximum absolute atomic E-state index is 13.3. The lowest BCUT2D eigenvalue weighted by molar-refractivity contribution is -0.143. The van der Waals surface area contributed by atoms with Gasteiger partial charge in [0.05, 0.1) is 12.8 Å². The van der Waals surface area contributed by atoms with E-state index in [0.717, 1.165) is 12.1 Å². The zero-order valence-electron chi connectivity index (χ0n) is 12.2. The Balaban J connectivity index is 0.000000515. The quantitative estimate of drug-likeness (QED) is 0.711. The van der Waals surface area contributed by atoms with Gasteiger partial charge in [-0.25, -0.2) is 22.3 Å². The van der Waals surface area contributed by atoms with Crippen LogP contribution in [0.15, 0.2) is 18.2 Å². The standard InChI is InChI=1S/C9H11F2NO2S.C4H6O4/c1-2-9(15(12,13)14)7-4-3-6(10)5-8(7)11;5-3(6)1-2-4(7)8/h3-5,9H,2H2,1H3,(H2,12,13,14);1-2H2,(H,5,6)(H,7,8). The summed E-state index contributed by atoms with van der Waals surface area (Å²) in [7, 11) is -3.87. The average Bonchev–Trinajstić information content (AvgIpc) is 2.39. The maximum Gasteiger partial charge on any atom is 0.303 e. The van der Waals surface area contributed by atoms with Crippen LogP contribution in [0.25, 0.3) is 0 Å². The van der Waals surface area contributed by atoms with E-state index in [0.29, 0.717) is 6.07 Å². The van der Waals surface area contributed by atoms with E-state index in [9.17, 15) is 26.8 Å². The largest absolute Gasteiger partial charge is 0.481 e. The predicted octanol–water partition coefficient (Wildman–Crippen LogP) is 1.64. The van der Waals surface area contributed by atoms with Gasteiger partial charge >= 0.3 is 11.9 Å². The molecule has 0 aliphatic carbocycles. The first-order chi connectivity index (χ1) is 10.5. The van der Waals surface area contributed by atoms with Crippen molar-refractivity contribution in [3.8, 4) is 0 Å². The zero-order chi connectivity index (χ0) is 18.2. The number of hydrogen-bond donors (Lipinski definition) is 3. The van der Waals surface area contributed by atoms with Crippen LogP contribution in [0.1, 0.15) is 37.0 Å². The zero-order valence-corrected chi connectivity index (χ0v) is 13.0. The summed E-state index contributed by atoms with van der Waals surface area (Å²) in [4.78, 5) is 19.3. The van der Waals surface area contributed by atoms with Crippen LogP contribution in [0.3, 0.4) is 0 Å². The second-order valence-electron chi connectivity index (χ2n) is 4.44. The number of carboxylic acid groups (broad SMARTS) is 2. The second-order valence-corrected chi connectivity index (χ2v) is 6.19. The average molecular weight is 353 g/mol. The minimum atomic E-state index is -3.87. The smallest absolute Gasteiger partial charge is 0.303 e. The highest BCUT2D eigenvalue weighted by molar-refractivity contribution is 7.89. The van der Waals surface area contributed by atoms with Gasteiger partial charge in [0.15, 0.2) is 0 Å². The van der Waals surface area contributed by atoms with Gasteiger partial charge in [0.25, 0.3) is 0 Å². The molecule has 7 nitrogen and oxygen atoms in total. The molecule has 0 fully saturated rings. The number of carboxylic acids is 2. The van der Waals surface area contributed by atoms with Crippen LogP contribution in [0.5, 0.6) is 0 Å². The van der Waals surface area contributed by atoms with Crippen molar-refractivity contribution in [3.05, 3.63) is 35.4 Å². The van der Waals surface area contributed by atoms with Crippen LogP contribution in [0.4, 0.5) is 8.78 Å². The van der Waals surface area contributed by atoms with E-state index in [2.05, 4.69) is 0 Å². The van der Waals surface area contributed by atoms with Gasteiger partial charge in [-0.2, -0.15) is 0 Å². The van der Waals surface area contributed by atoms with Gasteiger partial charge in [0.2, 0.25) is 10.0 Å². The fourth-order valence-corrected chi connectivity index (χ4v) is 2.62. The second kappa shape index (κ2) is 9.16. The molecule has 0 aliphatic heterocycles. The van der Waals surface area contributed by atoms with Crippen LogP contribution in [-0.2, 0) is 19.6 Å². The van der Waals surface area contributed by atoms with E-state index < -0.39 is 38.8 Å². The molecule has 0 radical (unpaired) electrons. The third-order valence-corrected chi connectivity index (χ3v) is 4.01. The minimum Gasteiger partial charge on any atom is -0.481 e. The molecular weight excluding hydrogens is 336 g/mol. The third-order valence-electron chi connectivity index (χ3n) is 2.63. The summed E-state index contributed by atoms with van der Waals surface area (Å²) in [5.74, 6) is -3.80. The minimum absolute atomic E-state index is 0.0959. The fraction of sp³-hybridized carbons (Fsp3) is 0.385. The normalized spacial score (nSPS) is 12.0. The van der Waals surface area contributed by atoms with E-state index >= 15 is 0 Å². The molecule has 0 saturated heterocycles. The van der Waals surface area contributed by atoms with E-state index in [-0.39, 0.29) is 24.8 Å². The van der Waals surface area contributed by atoms with E-state index in [1.54, 1.807) is 6.92 Å². The molecule has 0 aromatic heterocycles. The lowest BCUT2D eigenvalue weighted by Gasteiger charge is -2.13. The predicted molar refractivity (Wildman–Crippen MR) is 77.0 cm³/mol. The van der Waals surface area contributed by atoms with E-state index in [1.807, 2.05) is 0 Å². The molecule has 0 heterocycles. The number of aliphatic carboxylic acids is 2. The fourth-order valence-electron chi connectivity index (χ4n) is 1.61. The van der Waals surface area contributed by atoms with Gasteiger partial charge in [0, 0.05) is 11.6 Å². The number of carbonyl (C=O) groups is 2. The number of halogens is 2. The molecule has 1 aromatic rings. The lowest BCUT2D eigenvalue weighted by atomic mass is 10.1. The maximum atomic E-state index is 13.3. The molecule has 10 heteroatoms. The Labute approximate surface area is 131 Å². The summed E-state index contributed by atoms with van der Waals surface area (Å²) >= 11 is 0. The number of nitrogens with two attached hydrogens (primary N) is 1. The van der Waals surface area contributed by atoms with Gasteiger partial charge in [-0.3, -0.25) is 9.59 Å². The van der Waals surface area contributed by atoms with Crippen LogP contribution in [0, 0.1) is 11.6 Å². The highest BCUT2D eigenvalue weighted by atomic mass is 32.2. The summed E-state index contributed by atoms with van der Waals surface area (Å²) in [6, 6.07) is 2.75. The highest BCUT2D eigenvalue weighted by Gasteiger charge is 2.24. The molecule has 130 valence electrons. The summed E-state index contributed by atoms with van der Waals surface area (Å²) < 4.78 is 48.1. The van der Waals surface area contributed by atoms with Crippen molar-refractivity contribution < 1.29 is 37.0 Å². The van der Waals surface area contributed by atoms with Crippen LogP contribution in [0.2, 0.25) is 0 Å². The van der Waals surface area contributed by atoms with Crippen molar-refractivity contribution >= 4 is 22.0 Å². The molecule has 1 unspecified atom stereocenters. The molecule has 0 aliphatic rings. The van der Waals surface area contributed by atoms with Gasteiger partial charge in [-0.15, -0.1) is 0 Å². The topological polar surface area (TPSA) is 135 Å². The number of rotatable bonds is 6. The van der Waals surface area contributed by atoms with Crippen LogP contribution in [-0.4, -0.2) is 30.6 Å². The number of sulfonamides is 1.